The van der Waals surface area contributed by atoms with Crippen molar-refractivity contribution in [1.82, 2.24) is 5.16 Å². The van der Waals surface area contributed by atoms with E-state index in [1.165, 1.54) is 12.1 Å². The van der Waals surface area contributed by atoms with Crippen LogP contribution >= 0.6 is 11.8 Å². The Morgan fingerprint density at radius 3 is 2.80 bits per heavy atom. The van der Waals surface area contributed by atoms with Crippen molar-refractivity contribution in [2.45, 2.75) is 6.92 Å². The highest BCUT2D eigenvalue weighted by Crippen LogP contribution is 2.15. The van der Waals surface area contributed by atoms with Crippen LogP contribution in [0.5, 0.6) is 5.75 Å². The zero-order valence-corrected chi connectivity index (χ0v) is 14.3. The standard InChI is InChI=1S/C16H17FN2O5S/c1-11-8-14(19-24-11)18-15(20)9-25-10-16(21)23-7-6-22-13-5-3-2-4-12(13)17/h2-5,8H,6-7,9-10H2,1H3,(H,18,19,20). The molecule has 1 aromatic carbocycles. The number of halogens is 1. The Hall–Kier alpha value is -2.55. The van der Waals surface area contributed by atoms with Crippen LogP contribution in [-0.4, -0.2) is 41.8 Å². The average Bonchev–Trinajstić information content (AvgIpc) is 2.98. The second-order valence-electron chi connectivity index (χ2n) is 4.86. The van der Waals surface area contributed by atoms with Gasteiger partial charge < -0.3 is 19.3 Å². The number of thioether (sulfide) groups is 1. The largest absolute Gasteiger partial charge is 0.487 e. The first-order valence-corrected chi connectivity index (χ1v) is 8.54. The summed E-state index contributed by atoms with van der Waals surface area (Å²) in [6.07, 6.45) is 0. The summed E-state index contributed by atoms with van der Waals surface area (Å²) in [6, 6.07) is 7.56. The van der Waals surface area contributed by atoms with Crippen LogP contribution in [0.15, 0.2) is 34.9 Å². The van der Waals surface area contributed by atoms with Gasteiger partial charge in [-0.2, -0.15) is 0 Å². The van der Waals surface area contributed by atoms with Gasteiger partial charge in [-0.25, -0.2) is 4.39 Å². The minimum Gasteiger partial charge on any atom is -0.487 e. The molecule has 0 saturated carbocycles. The quantitative estimate of drug-likeness (QED) is 0.537. The molecule has 1 heterocycles. The molecule has 25 heavy (non-hydrogen) atoms. The van der Waals surface area contributed by atoms with Gasteiger partial charge in [0, 0.05) is 6.07 Å². The fourth-order valence-corrected chi connectivity index (χ4v) is 2.35. The zero-order chi connectivity index (χ0) is 18.1. The number of benzene rings is 1. The van der Waals surface area contributed by atoms with Crippen LogP contribution in [0.1, 0.15) is 5.76 Å². The van der Waals surface area contributed by atoms with Gasteiger partial charge in [-0.1, -0.05) is 17.3 Å². The number of hydrogen-bond acceptors (Lipinski definition) is 7. The van der Waals surface area contributed by atoms with Crippen LogP contribution in [0.2, 0.25) is 0 Å². The molecular formula is C16H17FN2O5S. The van der Waals surface area contributed by atoms with E-state index in [2.05, 4.69) is 10.5 Å². The van der Waals surface area contributed by atoms with E-state index < -0.39 is 11.8 Å². The first-order chi connectivity index (χ1) is 12.0. The third-order valence-corrected chi connectivity index (χ3v) is 3.70. The number of nitrogens with zero attached hydrogens (tertiary/aromatic N) is 1. The van der Waals surface area contributed by atoms with E-state index in [9.17, 15) is 14.0 Å². The molecule has 2 rings (SSSR count). The normalized spacial score (nSPS) is 10.3. The second-order valence-corrected chi connectivity index (χ2v) is 5.85. The Kier molecular flexibility index (Phi) is 7.27. The molecule has 0 saturated heterocycles. The summed E-state index contributed by atoms with van der Waals surface area (Å²) in [5.41, 5.74) is 0. The molecular weight excluding hydrogens is 351 g/mol. The number of anilines is 1. The highest BCUT2D eigenvalue weighted by Gasteiger charge is 2.09. The molecule has 0 radical (unpaired) electrons. The Morgan fingerprint density at radius 1 is 1.28 bits per heavy atom. The number of carbonyl (C=O) groups is 2. The van der Waals surface area contributed by atoms with Crippen LogP contribution in [0, 0.1) is 12.7 Å². The maximum Gasteiger partial charge on any atom is 0.316 e. The molecule has 9 heteroatoms. The maximum absolute atomic E-state index is 13.3. The third kappa shape index (κ3) is 6.84. The van der Waals surface area contributed by atoms with Crippen molar-refractivity contribution < 1.29 is 28.0 Å². The molecule has 0 aliphatic carbocycles. The van der Waals surface area contributed by atoms with Gasteiger partial charge in [-0.3, -0.25) is 9.59 Å². The zero-order valence-electron chi connectivity index (χ0n) is 13.5. The Bertz CT molecular complexity index is 722. The lowest BCUT2D eigenvalue weighted by Crippen LogP contribution is -2.17. The molecule has 0 aliphatic heterocycles. The molecule has 1 aromatic heterocycles. The van der Waals surface area contributed by atoms with E-state index in [0.717, 1.165) is 11.8 Å². The number of para-hydroxylation sites is 1. The summed E-state index contributed by atoms with van der Waals surface area (Å²) in [6.45, 7) is 1.75. The lowest BCUT2D eigenvalue weighted by atomic mass is 10.3. The minimum atomic E-state index is -0.479. The maximum atomic E-state index is 13.3. The van der Waals surface area contributed by atoms with Gasteiger partial charge >= 0.3 is 5.97 Å². The number of esters is 1. The van der Waals surface area contributed by atoms with Crippen molar-refractivity contribution >= 4 is 29.5 Å². The number of carbonyl (C=O) groups excluding carboxylic acids is 2. The number of rotatable bonds is 9. The van der Waals surface area contributed by atoms with Crippen LogP contribution in [-0.2, 0) is 14.3 Å². The van der Waals surface area contributed by atoms with Gasteiger partial charge in [0.2, 0.25) is 5.91 Å². The number of nitrogens with one attached hydrogen (secondary N) is 1. The van der Waals surface area contributed by atoms with Crippen LogP contribution in [0.4, 0.5) is 10.2 Å². The number of amides is 1. The minimum absolute atomic E-state index is 0.00184. The molecule has 0 fully saturated rings. The van der Waals surface area contributed by atoms with Crippen molar-refractivity contribution in [2.24, 2.45) is 0 Å². The number of ether oxygens (including phenoxy) is 2. The predicted octanol–water partition coefficient (Wildman–Crippen LogP) is 2.42. The van der Waals surface area contributed by atoms with Crippen LogP contribution < -0.4 is 10.1 Å². The predicted molar refractivity (Wildman–Crippen MR) is 90.0 cm³/mol. The average molecular weight is 368 g/mol. The van der Waals surface area contributed by atoms with Crippen LogP contribution in [0.3, 0.4) is 0 Å². The lowest BCUT2D eigenvalue weighted by molar-refractivity contribution is -0.141. The van der Waals surface area contributed by atoms with E-state index in [1.54, 1.807) is 25.1 Å². The van der Waals surface area contributed by atoms with E-state index in [1.807, 2.05) is 0 Å². The molecule has 134 valence electrons. The van der Waals surface area contributed by atoms with Gasteiger partial charge in [-0.05, 0) is 19.1 Å². The topological polar surface area (TPSA) is 90.7 Å². The first kappa shape index (κ1) is 18.8. The summed E-state index contributed by atoms with van der Waals surface area (Å²) in [5, 5.41) is 6.17. The molecule has 0 bridgehead atoms. The summed E-state index contributed by atoms with van der Waals surface area (Å²) in [4.78, 5) is 23.2. The van der Waals surface area contributed by atoms with Gasteiger partial charge in [0.25, 0.3) is 0 Å². The van der Waals surface area contributed by atoms with Crippen LogP contribution in [0.25, 0.3) is 0 Å². The van der Waals surface area contributed by atoms with Crippen molar-refractivity contribution in [3.63, 3.8) is 0 Å². The molecule has 0 unspecified atom stereocenters. The molecule has 0 spiro atoms. The fraction of sp³-hybridized carbons (Fsp3) is 0.312. The number of aryl methyl sites for hydroxylation is 1. The van der Waals surface area contributed by atoms with Gasteiger partial charge in [0.05, 0.1) is 11.5 Å². The van der Waals surface area contributed by atoms with Crippen molar-refractivity contribution in [3.8, 4) is 5.75 Å². The molecule has 1 amide bonds. The van der Waals surface area contributed by atoms with Gasteiger partial charge in [-0.15, -0.1) is 11.8 Å². The smallest absolute Gasteiger partial charge is 0.316 e. The molecule has 7 nitrogen and oxygen atoms in total. The molecule has 0 atom stereocenters. The third-order valence-electron chi connectivity index (χ3n) is 2.79. The lowest BCUT2D eigenvalue weighted by Gasteiger charge is -2.08. The van der Waals surface area contributed by atoms with E-state index in [0.29, 0.717) is 11.6 Å². The van der Waals surface area contributed by atoms with Crippen molar-refractivity contribution in [3.05, 3.63) is 41.9 Å². The highest BCUT2D eigenvalue weighted by atomic mass is 32.2. The Balaban J connectivity index is 1.55. The second kappa shape index (κ2) is 9.67. The van der Waals surface area contributed by atoms with Gasteiger partial charge in [0.15, 0.2) is 17.4 Å². The SMILES string of the molecule is Cc1cc(NC(=O)CSCC(=O)OCCOc2ccccc2F)no1. The summed E-state index contributed by atoms with van der Waals surface area (Å²) in [7, 11) is 0. The van der Waals surface area contributed by atoms with Crippen molar-refractivity contribution in [2.75, 3.05) is 30.0 Å². The summed E-state index contributed by atoms with van der Waals surface area (Å²) >= 11 is 1.11. The molecule has 0 aliphatic rings. The molecule has 2 aromatic rings. The highest BCUT2D eigenvalue weighted by molar-refractivity contribution is 8.00. The van der Waals surface area contributed by atoms with Gasteiger partial charge in [0.1, 0.15) is 19.0 Å². The Morgan fingerprint density at radius 2 is 2.08 bits per heavy atom. The summed E-state index contributed by atoms with van der Waals surface area (Å²) < 4.78 is 28.2. The monoisotopic (exact) mass is 368 g/mol. The van der Waals surface area contributed by atoms with E-state index in [-0.39, 0.29) is 36.4 Å². The first-order valence-electron chi connectivity index (χ1n) is 7.38. The van der Waals surface area contributed by atoms with E-state index in [4.69, 9.17) is 14.0 Å². The number of hydrogen-bond donors (Lipinski definition) is 1. The summed E-state index contributed by atoms with van der Waals surface area (Å²) in [5.74, 6) is -0.135. The van der Waals surface area contributed by atoms with E-state index >= 15 is 0 Å². The molecule has 1 N–H and O–H groups in total. The Labute approximate surface area is 147 Å². The number of aromatic nitrogens is 1. The fourth-order valence-electron chi connectivity index (χ4n) is 1.74. The van der Waals surface area contributed by atoms with Crippen molar-refractivity contribution in [1.29, 1.82) is 0 Å².